The van der Waals surface area contributed by atoms with Gasteiger partial charge in [-0.1, -0.05) is 40.8 Å². The molecule has 0 spiro atoms. The van der Waals surface area contributed by atoms with Crippen LogP contribution in [0.2, 0.25) is 5.02 Å². The maximum atomic E-state index is 12.7. The number of nitrogens with zero attached hydrogens (tertiary/aromatic N) is 3. The quantitative estimate of drug-likeness (QED) is 0.374. The van der Waals surface area contributed by atoms with Crippen molar-refractivity contribution in [1.29, 1.82) is 5.26 Å². The van der Waals surface area contributed by atoms with E-state index in [1.165, 1.54) is 29.4 Å². The monoisotopic (exact) mass is 468 g/mol. The van der Waals surface area contributed by atoms with E-state index in [0.717, 1.165) is 9.24 Å². The maximum absolute atomic E-state index is 12.7. The van der Waals surface area contributed by atoms with E-state index >= 15 is 0 Å². The number of hydrogen-bond donors (Lipinski definition) is 1. The van der Waals surface area contributed by atoms with E-state index in [9.17, 15) is 4.79 Å². The number of carbonyl (C=O) groups excluding carboxylic acids is 1. The number of rotatable bonds is 7. The van der Waals surface area contributed by atoms with Crippen molar-refractivity contribution < 1.29 is 13.9 Å². The highest BCUT2D eigenvalue weighted by molar-refractivity contribution is 8.01. The molecule has 7 nitrogen and oxygen atoms in total. The van der Waals surface area contributed by atoms with Gasteiger partial charge in [0.1, 0.15) is 17.9 Å². The minimum atomic E-state index is -0.421. The Bertz CT molecular complexity index is 1250. The SMILES string of the molecule is N#Cc1cccc(OCc2ccoc2C(=O)Nc2ccc(Sc3nncs3)c(Cl)c2)c1. The molecule has 31 heavy (non-hydrogen) atoms. The number of anilines is 1. The van der Waals surface area contributed by atoms with Crippen LogP contribution in [0.1, 0.15) is 21.7 Å². The van der Waals surface area contributed by atoms with Crippen molar-refractivity contribution in [1.82, 2.24) is 10.2 Å². The molecule has 0 bridgehead atoms. The van der Waals surface area contributed by atoms with Crippen molar-refractivity contribution in [3.8, 4) is 11.8 Å². The average Bonchev–Trinajstić information content (AvgIpc) is 3.46. The van der Waals surface area contributed by atoms with Gasteiger partial charge in [0.05, 0.1) is 22.9 Å². The van der Waals surface area contributed by atoms with Crippen LogP contribution in [-0.2, 0) is 6.61 Å². The fourth-order valence-corrected chi connectivity index (χ4v) is 4.35. The minimum Gasteiger partial charge on any atom is -0.489 e. The molecule has 0 radical (unpaired) electrons. The molecule has 4 rings (SSSR count). The normalized spacial score (nSPS) is 10.5. The number of benzene rings is 2. The van der Waals surface area contributed by atoms with Gasteiger partial charge in [-0.25, -0.2) is 0 Å². The van der Waals surface area contributed by atoms with Crippen LogP contribution in [0.4, 0.5) is 5.69 Å². The van der Waals surface area contributed by atoms with Crippen LogP contribution in [0.3, 0.4) is 0 Å². The van der Waals surface area contributed by atoms with E-state index < -0.39 is 5.91 Å². The minimum absolute atomic E-state index is 0.117. The number of furan rings is 1. The first kappa shape index (κ1) is 20.9. The number of amides is 1. The van der Waals surface area contributed by atoms with Gasteiger partial charge in [-0.15, -0.1) is 10.2 Å². The van der Waals surface area contributed by atoms with Crippen LogP contribution in [-0.4, -0.2) is 16.1 Å². The van der Waals surface area contributed by atoms with E-state index in [-0.39, 0.29) is 12.4 Å². The van der Waals surface area contributed by atoms with Crippen LogP contribution in [0.25, 0.3) is 0 Å². The van der Waals surface area contributed by atoms with Gasteiger partial charge in [0.2, 0.25) is 0 Å². The van der Waals surface area contributed by atoms with Crippen molar-refractivity contribution >= 4 is 46.3 Å². The predicted octanol–water partition coefficient (Wildman–Crippen LogP) is 5.64. The summed E-state index contributed by atoms with van der Waals surface area (Å²) in [7, 11) is 0. The Kier molecular flexibility index (Phi) is 6.52. The summed E-state index contributed by atoms with van der Waals surface area (Å²) < 4.78 is 11.8. The van der Waals surface area contributed by atoms with Crippen molar-refractivity contribution in [2.24, 2.45) is 0 Å². The molecule has 2 aromatic carbocycles. The molecule has 0 aliphatic rings. The molecule has 1 N–H and O–H groups in total. The number of hydrogen-bond acceptors (Lipinski definition) is 8. The van der Waals surface area contributed by atoms with Gasteiger partial charge in [0.25, 0.3) is 5.91 Å². The zero-order valence-corrected chi connectivity index (χ0v) is 18.1. The molecule has 0 fully saturated rings. The topological polar surface area (TPSA) is 101 Å². The fourth-order valence-electron chi connectivity index (χ4n) is 2.62. The highest BCUT2D eigenvalue weighted by atomic mass is 35.5. The molecule has 0 aliphatic carbocycles. The third kappa shape index (κ3) is 5.24. The number of halogens is 1. The van der Waals surface area contributed by atoms with Crippen molar-refractivity contribution in [3.63, 3.8) is 0 Å². The molecular weight excluding hydrogens is 456 g/mol. The van der Waals surface area contributed by atoms with E-state index in [1.54, 1.807) is 54.0 Å². The van der Waals surface area contributed by atoms with Gasteiger partial charge >= 0.3 is 0 Å². The molecule has 0 saturated heterocycles. The smallest absolute Gasteiger partial charge is 0.291 e. The lowest BCUT2D eigenvalue weighted by Crippen LogP contribution is -2.13. The van der Waals surface area contributed by atoms with Crippen LogP contribution < -0.4 is 10.1 Å². The first-order valence-corrected chi connectivity index (χ1v) is 10.9. The van der Waals surface area contributed by atoms with Gasteiger partial charge in [0, 0.05) is 16.1 Å². The zero-order chi connectivity index (χ0) is 21.6. The van der Waals surface area contributed by atoms with Crippen LogP contribution in [0.15, 0.2) is 74.0 Å². The second-order valence-electron chi connectivity index (χ2n) is 6.11. The predicted molar refractivity (Wildman–Crippen MR) is 118 cm³/mol. The third-order valence-electron chi connectivity index (χ3n) is 4.04. The average molecular weight is 469 g/mol. The van der Waals surface area contributed by atoms with E-state index in [2.05, 4.69) is 21.6 Å². The van der Waals surface area contributed by atoms with Gasteiger partial charge < -0.3 is 14.5 Å². The molecular formula is C21H13ClN4O3S2. The Morgan fingerprint density at radius 3 is 2.97 bits per heavy atom. The van der Waals surface area contributed by atoms with Crippen LogP contribution in [0.5, 0.6) is 5.75 Å². The van der Waals surface area contributed by atoms with E-state index in [0.29, 0.717) is 27.6 Å². The highest BCUT2D eigenvalue weighted by Gasteiger charge is 2.17. The standard InChI is InChI=1S/C21H13ClN4O3S2/c22-17-9-15(4-5-18(17)31-21-26-24-12-30-21)25-20(27)19-14(6-7-28-19)11-29-16-3-1-2-13(8-16)10-23/h1-9,12H,11H2,(H,25,27). The summed E-state index contributed by atoms with van der Waals surface area (Å²) in [4.78, 5) is 13.5. The fraction of sp³-hybridized carbons (Fsp3) is 0.0476. The highest BCUT2D eigenvalue weighted by Crippen LogP contribution is 2.35. The van der Waals surface area contributed by atoms with Crippen molar-refractivity contribution in [2.75, 3.05) is 5.32 Å². The third-order valence-corrected chi connectivity index (χ3v) is 6.32. The van der Waals surface area contributed by atoms with Gasteiger partial charge in [0.15, 0.2) is 10.1 Å². The lowest BCUT2D eigenvalue weighted by Gasteiger charge is -2.09. The Balaban J connectivity index is 1.42. The Hall–Kier alpha value is -3.32. The van der Waals surface area contributed by atoms with E-state index in [1.807, 2.05) is 0 Å². The van der Waals surface area contributed by atoms with Gasteiger partial charge in [-0.05, 0) is 42.5 Å². The molecule has 2 aromatic heterocycles. The number of nitriles is 1. The second-order valence-corrected chi connectivity index (χ2v) is 8.64. The van der Waals surface area contributed by atoms with E-state index in [4.69, 9.17) is 26.0 Å². The summed E-state index contributed by atoms with van der Waals surface area (Å²) in [5, 5.41) is 20.0. The van der Waals surface area contributed by atoms with Crippen molar-refractivity contribution in [3.05, 3.63) is 82.2 Å². The second kappa shape index (κ2) is 9.66. The summed E-state index contributed by atoms with van der Waals surface area (Å²) >= 11 is 9.17. The Morgan fingerprint density at radius 2 is 2.19 bits per heavy atom. The number of carbonyl (C=O) groups is 1. The lowest BCUT2D eigenvalue weighted by molar-refractivity contribution is 0.0993. The number of ether oxygens (including phenoxy) is 1. The molecule has 4 aromatic rings. The first-order valence-electron chi connectivity index (χ1n) is 8.86. The van der Waals surface area contributed by atoms with Gasteiger partial charge in [-0.3, -0.25) is 4.79 Å². The summed E-state index contributed by atoms with van der Waals surface area (Å²) in [6, 6.07) is 15.7. The van der Waals surface area contributed by atoms with Crippen LogP contribution in [0, 0.1) is 11.3 Å². The zero-order valence-electron chi connectivity index (χ0n) is 15.7. The Labute approximate surface area is 190 Å². The summed E-state index contributed by atoms with van der Waals surface area (Å²) in [6.07, 6.45) is 1.42. The lowest BCUT2D eigenvalue weighted by atomic mass is 10.2. The number of aromatic nitrogens is 2. The van der Waals surface area contributed by atoms with Crippen molar-refractivity contribution in [2.45, 2.75) is 15.8 Å². The molecule has 0 saturated carbocycles. The summed E-state index contributed by atoms with van der Waals surface area (Å²) in [6.45, 7) is 0.117. The molecule has 0 aliphatic heterocycles. The summed E-state index contributed by atoms with van der Waals surface area (Å²) in [5.74, 6) is 0.247. The molecule has 0 unspecified atom stereocenters. The molecule has 0 atom stereocenters. The largest absolute Gasteiger partial charge is 0.489 e. The summed E-state index contributed by atoms with van der Waals surface area (Å²) in [5.41, 5.74) is 3.25. The molecule has 2 heterocycles. The number of nitrogens with one attached hydrogen (secondary N) is 1. The molecule has 1 amide bonds. The molecule has 154 valence electrons. The molecule has 10 heteroatoms. The first-order chi connectivity index (χ1) is 15.1. The maximum Gasteiger partial charge on any atom is 0.291 e. The van der Waals surface area contributed by atoms with Crippen LogP contribution >= 0.6 is 34.7 Å². The Morgan fingerprint density at radius 1 is 1.29 bits per heavy atom. The van der Waals surface area contributed by atoms with Gasteiger partial charge in [-0.2, -0.15) is 5.26 Å².